The summed E-state index contributed by atoms with van der Waals surface area (Å²) in [6.45, 7) is 9.08. The second kappa shape index (κ2) is 8.49. The maximum absolute atomic E-state index is 13.0. The number of morpholine rings is 1. The highest BCUT2D eigenvalue weighted by molar-refractivity contribution is 7.89. The largest absolute Gasteiger partial charge is 0.465 e. The van der Waals surface area contributed by atoms with Crippen molar-refractivity contribution in [3.8, 4) is 0 Å². The number of sulfonamides is 1. The number of amides is 1. The van der Waals surface area contributed by atoms with E-state index in [0.29, 0.717) is 51.5 Å². The third-order valence-corrected chi connectivity index (χ3v) is 8.10. The van der Waals surface area contributed by atoms with Gasteiger partial charge in [0, 0.05) is 44.3 Å². The summed E-state index contributed by atoms with van der Waals surface area (Å²) in [5.74, 6) is 0. The normalized spacial score (nSPS) is 21.2. The van der Waals surface area contributed by atoms with Crippen molar-refractivity contribution in [2.75, 3.05) is 50.8 Å². The summed E-state index contributed by atoms with van der Waals surface area (Å²) in [6.07, 6.45) is 0.518. The average molecular weight is 463 g/mol. The van der Waals surface area contributed by atoms with Gasteiger partial charge >= 0.3 is 6.09 Å². The van der Waals surface area contributed by atoms with E-state index in [0.717, 1.165) is 11.1 Å². The molecule has 1 aromatic carbocycles. The molecule has 0 bridgehead atoms. The zero-order valence-electron chi connectivity index (χ0n) is 18.7. The van der Waals surface area contributed by atoms with Crippen molar-refractivity contribution in [2.24, 2.45) is 5.41 Å². The predicted octanol–water partition coefficient (Wildman–Crippen LogP) is 2.47. The lowest BCUT2D eigenvalue weighted by Crippen LogP contribution is -2.59. The smallest absolute Gasteiger partial charge is 0.407 e. The van der Waals surface area contributed by atoms with E-state index in [-0.39, 0.29) is 16.4 Å². The molecular formula is C22H30N4O5S. The molecule has 2 aliphatic rings. The molecule has 2 saturated heterocycles. The van der Waals surface area contributed by atoms with Crippen molar-refractivity contribution in [3.63, 3.8) is 0 Å². The van der Waals surface area contributed by atoms with Crippen molar-refractivity contribution in [1.29, 1.82) is 0 Å². The lowest BCUT2D eigenvalue weighted by atomic mass is 9.84. The van der Waals surface area contributed by atoms with Gasteiger partial charge in [0.05, 0.1) is 30.5 Å². The van der Waals surface area contributed by atoms with E-state index in [2.05, 4.69) is 9.88 Å². The van der Waals surface area contributed by atoms with Crippen molar-refractivity contribution in [2.45, 2.75) is 31.7 Å². The second-order valence-electron chi connectivity index (χ2n) is 9.34. The van der Waals surface area contributed by atoms with Gasteiger partial charge in [0.2, 0.25) is 10.0 Å². The summed E-state index contributed by atoms with van der Waals surface area (Å²) < 4.78 is 32.8. The molecule has 0 radical (unpaired) electrons. The third-order valence-electron chi connectivity index (χ3n) is 6.24. The van der Waals surface area contributed by atoms with Gasteiger partial charge in [-0.05, 0) is 17.5 Å². The van der Waals surface area contributed by atoms with Crippen LogP contribution in [0.3, 0.4) is 0 Å². The first-order chi connectivity index (χ1) is 15.1. The van der Waals surface area contributed by atoms with Gasteiger partial charge < -0.3 is 19.6 Å². The van der Waals surface area contributed by atoms with Crippen LogP contribution in [-0.4, -0.2) is 85.8 Å². The van der Waals surface area contributed by atoms with Gasteiger partial charge in [-0.15, -0.1) is 0 Å². The Morgan fingerprint density at radius 1 is 1.16 bits per heavy atom. The van der Waals surface area contributed by atoms with E-state index in [1.165, 1.54) is 15.4 Å². The van der Waals surface area contributed by atoms with E-state index in [9.17, 15) is 18.3 Å². The molecule has 2 aromatic rings. The van der Waals surface area contributed by atoms with E-state index < -0.39 is 16.1 Å². The number of para-hydroxylation sites is 1. The SMILES string of the molecule is CC(C)(C)C1CN(c2cccc3cc(S(=O)(=O)N4CCOCC4)cnc23)CCN1C(=O)O. The molecule has 0 saturated carbocycles. The molecule has 2 fully saturated rings. The zero-order valence-corrected chi connectivity index (χ0v) is 19.5. The zero-order chi connectivity index (χ0) is 23.1. The number of aromatic nitrogens is 1. The molecule has 9 nitrogen and oxygen atoms in total. The Labute approximate surface area is 188 Å². The number of ether oxygens (including phenoxy) is 1. The minimum absolute atomic E-state index is 0.173. The van der Waals surface area contributed by atoms with Crippen LogP contribution in [0.15, 0.2) is 35.4 Å². The molecule has 3 heterocycles. The molecule has 0 aliphatic carbocycles. The van der Waals surface area contributed by atoms with E-state index >= 15 is 0 Å². The van der Waals surface area contributed by atoms with E-state index in [1.807, 2.05) is 39.0 Å². The number of hydrogen-bond acceptors (Lipinski definition) is 6. The number of nitrogens with zero attached hydrogens (tertiary/aromatic N) is 4. The van der Waals surface area contributed by atoms with Gasteiger partial charge in [0.1, 0.15) is 4.90 Å². The quantitative estimate of drug-likeness (QED) is 0.747. The van der Waals surface area contributed by atoms with Gasteiger partial charge in [-0.1, -0.05) is 32.9 Å². The molecule has 174 valence electrons. The number of hydrogen-bond donors (Lipinski definition) is 1. The summed E-state index contributed by atoms with van der Waals surface area (Å²) in [4.78, 5) is 20.1. The van der Waals surface area contributed by atoms with Gasteiger partial charge in [-0.2, -0.15) is 4.31 Å². The Balaban J connectivity index is 1.67. The molecule has 1 aromatic heterocycles. The highest BCUT2D eigenvalue weighted by Crippen LogP contribution is 2.33. The molecule has 2 aliphatic heterocycles. The highest BCUT2D eigenvalue weighted by atomic mass is 32.2. The standard InChI is InChI=1S/C22H30N4O5S/c1-22(2,3)19-15-24(7-8-26(19)21(27)28)18-6-4-5-16-13-17(14-23-20(16)18)32(29,30)25-9-11-31-12-10-25/h4-6,13-14,19H,7-12,15H2,1-3H3,(H,27,28). The summed E-state index contributed by atoms with van der Waals surface area (Å²) in [5.41, 5.74) is 1.37. The van der Waals surface area contributed by atoms with Gasteiger partial charge in [-0.3, -0.25) is 4.98 Å². The molecule has 1 N–H and O–H groups in total. The Hall–Kier alpha value is -2.43. The van der Waals surface area contributed by atoms with E-state index in [1.54, 1.807) is 6.07 Å². The summed E-state index contributed by atoms with van der Waals surface area (Å²) >= 11 is 0. The first-order valence-electron chi connectivity index (χ1n) is 10.8. The molecule has 1 atom stereocenters. The topological polar surface area (TPSA) is 103 Å². The molecule has 32 heavy (non-hydrogen) atoms. The Kier molecular flexibility index (Phi) is 6.04. The lowest BCUT2D eigenvalue weighted by Gasteiger charge is -2.46. The summed E-state index contributed by atoms with van der Waals surface area (Å²) in [5, 5.41) is 10.4. The fourth-order valence-electron chi connectivity index (χ4n) is 4.43. The average Bonchev–Trinajstić information content (AvgIpc) is 2.77. The summed E-state index contributed by atoms with van der Waals surface area (Å²) in [6, 6.07) is 7.21. The maximum Gasteiger partial charge on any atom is 0.407 e. The van der Waals surface area contributed by atoms with E-state index in [4.69, 9.17) is 4.74 Å². The first kappa shape index (κ1) is 22.8. The number of benzene rings is 1. The third kappa shape index (κ3) is 4.26. The van der Waals surface area contributed by atoms with Crippen LogP contribution in [0.2, 0.25) is 0 Å². The number of carbonyl (C=O) groups is 1. The van der Waals surface area contributed by atoms with Crippen molar-refractivity contribution >= 4 is 32.7 Å². The molecule has 1 unspecified atom stereocenters. The van der Waals surface area contributed by atoms with Crippen LogP contribution in [0.25, 0.3) is 10.9 Å². The molecule has 10 heteroatoms. The summed E-state index contributed by atoms with van der Waals surface area (Å²) in [7, 11) is -3.63. The predicted molar refractivity (Wildman–Crippen MR) is 122 cm³/mol. The van der Waals surface area contributed by atoms with Crippen LogP contribution in [0.4, 0.5) is 10.5 Å². The first-order valence-corrected chi connectivity index (χ1v) is 12.2. The van der Waals surface area contributed by atoms with Crippen LogP contribution in [-0.2, 0) is 14.8 Å². The van der Waals surface area contributed by atoms with Gasteiger partial charge in [-0.25, -0.2) is 13.2 Å². The van der Waals surface area contributed by atoms with Crippen LogP contribution in [0, 0.1) is 5.41 Å². The Morgan fingerprint density at radius 3 is 2.53 bits per heavy atom. The molecule has 1 amide bonds. The maximum atomic E-state index is 13.0. The number of piperazine rings is 1. The number of rotatable bonds is 3. The van der Waals surface area contributed by atoms with Crippen LogP contribution >= 0.6 is 0 Å². The minimum atomic E-state index is -3.63. The van der Waals surface area contributed by atoms with Crippen molar-refractivity contribution in [3.05, 3.63) is 30.5 Å². The monoisotopic (exact) mass is 462 g/mol. The number of pyridine rings is 1. The molecule has 4 rings (SSSR count). The lowest BCUT2D eigenvalue weighted by molar-refractivity contribution is 0.0730. The Morgan fingerprint density at radius 2 is 1.88 bits per heavy atom. The van der Waals surface area contributed by atoms with Crippen LogP contribution < -0.4 is 4.90 Å². The highest BCUT2D eigenvalue weighted by Gasteiger charge is 2.38. The number of fused-ring (bicyclic) bond motifs is 1. The fraction of sp³-hybridized carbons (Fsp3) is 0.545. The Bertz CT molecular complexity index is 1110. The molecular weight excluding hydrogens is 432 g/mol. The van der Waals surface area contributed by atoms with Gasteiger partial charge in [0.25, 0.3) is 0 Å². The van der Waals surface area contributed by atoms with Gasteiger partial charge in [0.15, 0.2) is 0 Å². The fourth-order valence-corrected chi connectivity index (χ4v) is 5.82. The second-order valence-corrected chi connectivity index (χ2v) is 11.3. The molecule has 0 spiro atoms. The minimum Gasteiger partial charge on any atom is -0.465 e. The van der Waals surface area contributed by atoms with Crippen molar-refractivity contribution < 1.29 is 23.1 Å². The van der Waals surface area contributed by atoms with Crippen LogP contribution in [0.5, 0.6) is 0 Å². The van der Waals surface area contributed by atoms with Crippen molar-refractivity contribution in [1.82, 2.24) is 14.2 Å². The number of anilines is 1. The van der Waals surface area contributed by atoms with Crippen LogP contribution in [0.1, 0.15) is 20.8 Å². The number of carboxylic acid groups (broad SMARTS) is 1.